The molecule has 1 aromatic heterocycles. The summed E-state index contributed by atoms with van der Waals surface area (Å²) in [5, 5.41) is 14.9. The van der Waals surface area contributed by atoms with Gasteiger partial charge in [-0.05, 0) is 70.6 Å². The highest BCUT2D eigenvalue weighted by atomic mass is 16.1. The first-order valence-corrected chi connectivity index (χ1v) is 9.22. The van der Waals surface area contributed by atoms with Crippen molar-refractivity contribution in [3.05, 3.63) is 59.7 Å². The van der Waals surface area contributed by atoms with Crippen LogP contribution in [-0.4, -0.2) is 26.1 Å². The van der Waals surface area contributed by atoms with Gasteiger partial charge in [0.2, 0.25) is 0 Å². The summed E-state index contributed by atoms with van der Waals surface area (Å²) >= 11 is 0. The summed E-state index contributed by atoms with van der Waals surface area (Å²) in [5.74, 6) is 0.652. The summed E-state index contributed by atoms with van der Waals surface area (Å²) in [6.45, 7) is 6.47. The van der Waals surface area contributed by atoms with Crippen LogP contribution in [0.4, 0.5) is 5.69 Å². The summed E-state index contributed by atoms with van der Waals surface area (Å²) in [7, 11) is 0. The molecule has 0 spiro atoms. The normalized spacial score (nSPS) is 14.2. The maximum atomic E-state index is 12.5. The summed E-state index contributed by atoms with van der Waals surface area (Å²) in [6.07, 6.45) is 2.25. The second-order valence-electron chi connectivity index (χ2n) is 8.04. The Morgan fingerprint density at radius 1 is 1.04 bits per heavy atom. The average molecular weight is 361 g/mol. The lowest BCUT2D eigenvalue weighted by Crippen LogP contribution is -2.14. The minimum absolute atomic E-state index is 0.0702. The number of benzene rings is 2. The number of nitrogens with one attached hydrogen (secondary N) is 1. The fraction of sp³-hybridized carbons (Fsp3) is 0.333. The molecule has 0 atom stereocenters. The number of anilines is 1. The van der Waals surface area contributed by atoms with E-state index in [1.54, 1.807) is 0 Å². The van der Waals surface area contributed by atoms with Gasteiger partial charge in [-0.2, -0.15) is 0 Å². The van der Waals surface area contributed by atoms with E-state index in [0.717, 1.165) is 29.9 Å². The molecule has 1 aliphatic rings. The van der Waals surface area contributed by atoms with Gasteiger partial charge in [0.25, 0.3) is 5.91 Å². The SMILES string of the molecule is CC(C)(C)c1ccc(C(=O)Nc2ccc(-c3nnnn3C3CC3)cc2)cc1. The Morgan fingerprint density at radius 3 is 2.30 bits per heavy atom. The maximum Gasteiger partial charge on any atom is 0.255 e. The molecule has 138 valence electrons. The van der Waals surface area contributed by atoms with E-state index in [1.807, 2.05) is 53.2 Å². The molecule has 2 aromatic carbocycles. The van der Waals surface area contributed by atoms with Crippen LogP contribution in [0.2, 0.25) is 0 Å². The monoisotopic (exact) mass is 361 g/mol. The first kappa shape index (κ1) is 17.4. The van der Waals surface area contributed by atoms with Gasteiger partial charge in [0, 0.05) is 16.8 Å². The van der Waals surface area contributed by atoms with Gasteiger partial charge in [0.15, 0.2) is 5.82 Å². The lowest BCUT2D eigenvalue weighted by atomic mass is 9.87. The van der Waals surface area contributed by atoms with E-state index in [4.69, 9.17) is 0 Å². The molecule has 27 heavy (non-hydrogen) atoms. The summed E-state index contributed by atoms with van der Waals surface area (Å²) in [5.41, 5.74) is 3.61. The van der Waals surface area contributed by atoms with Crippen LogP contribution in [0, 0.1) is 0 Å². The van der Waals surface area contributed by atoms with Crippen molar-refractivity contribution in [3.63, 3.8) is 0 Å². The average Bonchev–Trinajstić information content (AvgIpc) is 3.38. The predicted molar refractivity (Wildman–Crippen MR) is 105 cm³/mol. The number of aromatic nitrogens is 4. The van der Waals surface area contributed by atoms with Crippen molar-refractivity contribution >= 4 is 11.6 Å². The molecule has 1 saturated carbocycles. The van der Waals surface area contributed by atoms with E-state index >= 15 is 0 Å². The highest BCUT2D eigenvalue weighted by Crippen LogP contribution is 2.36. The van der Waals surface area contributed by atoms with E-state index in [0.29, 0.717) is 11.6 Å². The molecule has 6 heteroatoms. The van der Waals surface area contributed by atoms with Crippen molar-refractivity contribution < 1.29 is 4.79 Å². The van der Waals surface area contributed by atoms with E-state index in [9.17, 15) is 4.79 Å². The highest BCUT2D eigenvalue weighted by molar-refractivity contribution is 6.04. The molecule has 1 aliphatic carbocycles. The molecule has 0 radical (unpaired) electrons. The van der Waals surface area contributed by atoms with Crippen LogP contribution >= 0.6 is 0 Å². The van der Waals surface area contributed by atoms with Gasteiger partial charge in [0.1, 0.15) is 0 Å². The van der Waals surface area contributed by atoms with E-state index in [-0.39, 0.29) is 11.3 Å². The van der Waals surface area contributed by atoms with Crippen molar-refractivity contribution in [2.75, 3.05) is 5.32 Å². The number of nitrogens with zero attached hydrogens (tertiary/aromatic N) is 4. The van der Waals surface area contributed by atoms with Crippen LogP contribution in [-0.2, 0) is 5.41 Å². The van der Waals surface area contributed by atoms with Crippen LogP contribution in [0.3, 0.4) is 0 Å². The van der Waals surface area contributed by atoms with Gasteiger partial charge in [-0.1, -0.05) is 32.9 Å². The second-order valence-corrected chi connectivity index (χ2v) is 8.04. The molecule has 1 fully saturated rings. The zero-order chi connectivity index (χ0) is 19.0. The molecule has 0 bridgehead atoms. The molecule has 0 saturated heterocycles. The summed E-state index contributed by atoms with van der Waals surface area (Å²) < 4.78 is 1.88. The summed E-state index contributed by atoms with van der Waals surface area (Å²) in [4.78, 5) is 12.5. The van der Waals surface area contributed by atoms with Crippen LogP contribution in [0.5, 0.6) is 0 Å². The fourth-order valence-corrected chi connectivity index (χ4v) is 2.98. The second kappa shape index (κ2) is 6.61. The summed E-state index contributed by atoms with van der Waals surface area (Å²) in [6, 6.07) is 15.8. The van der Waals surface area contributed by atoms with E-state index in [1.165, 1.54) is 5.56 Å². The third-order valence-electron chi connectivity index (χ3n) is 4.80. The molecule has 1 heterocycles. The van der Waals surface area contributed by atoms with Gasteiger partial charge in [-0.15, -0.1) is 5.10 Å². The van der Waals surface area contributed by atoms with Crippen LogP contribution in [0.25, 0.3) is 11.4 Å². The zero-order valence-corrected chi connectivity index (χ0v) is 15.8. The van der Waals surface area contributed by atoms with Crippen molar-refractivity contribution in [3.8, 4) is 11.4 Å². The van der Waals surface area contributed by atoms with Gasteiger partial charge in [0.05, 0.1) is 6.04 Å². The van der Waals surface area contributed by atoms with Gasteiger partial charge in [-0.3, -0.25) is 4.79 Å². The van der Waals surface area contributed by atoms with Gasteiger partial charge < -0.3 is 5.32 Å². The Labute approximate surface area is 158 Å². The van der Waals surface area contributed by atoms with Gasteiger partial charge >= 0.3 is 0 Å². The minimum Gasteiger partial charge on any atom is -0.322 e. The molecule has 1 amide bonds. The Bertz CT molecular complexity index is 947. The Hall–Kier alpha value is -3.02. The van der Waals surface area contributed by atoms with Crippen molar-refractivity contribution in [2.24, 2.45) is 0 Å². The van der Waals surface area contributed by atoms with E-state index < -0.39 is 0 Å². The highest BCUT2D eigenvalue weighted by Gasteiger charge is 2.28. The number of rotatable bonds is 4. The molecule has 4 rings (SSSR count). The number of hydrogen-bond donors (Lipinski definition) is 1. The quantitative estimate of drug-likeness (QED) is 0.755. The fourth-order valence-electron chi connectivity index (χ4n) is 2.98. The smallest absolute Gasteiger partial charge is 0.255 e. The Kier molecular flexibility index (Phi) is 4.26. The zero-order valence-electron chi connectivity index (χ0n) is 15.8. The molecule has 1 N–H and O–H groups in total. The van der Waals surface area contributed by atoms with E-state index in [2.05, 4.69) is 41.6 Å². The lowest BCUT2D eigenvalue weighted by Gasteiger charge is -2.19. The standard InChI is InChI=1S/C21H23N5O/c1-21(2,3)16-8-4-15(5-9-16)20(27)22-17-10-6-14(7-11-17)19-23-24-25-26(19)18-12-13-18/h4-11,18H,12-13H2,1-3H3,(H,22,27). The Morgan fingerprint density at radius 2 is 1.70 bits per heavy atom. The maximum absolute atomic E-state index is 12.5. The molecule has 6 nitrogen and oxygen atoms in total. The largest absolute Gasteiger partial charge is 0.322 e. The molecule has 3 aromatic rings. The third-order valence-corrected chi connectivity index (χ3v) is 4.80. The van der Waals surface area contributed by atoms with Crippen LogP contribution < -0.4 is 5.32 Å². The minimum atomic E-state index is -0.119. The number of hydrogen-bond acceptors (Lipinski definition) is 4. The first-order valence-electron chi connectivity index (χ1n) is 9.22. The van der Waals surface area contributed by atoms with Crippen molar-refractivity contribution in [2.45, 2.75) is 45.1 Å². The first-order chi connectivity index (χ1) is 12.9. The van der Waals surface area contributed by atoms with Gasteiger partial charge in [-0.25, -0.2) is 4.68 Å². The van der Waals surface area contributed by atoms with Crippen molar-refractivity contribution in [1.82, 2.24) is 20.2 Å². The third kappa shape index (κ3) is 3.74. The number of tetrazole rings is 1. The molecular formula is C21H23N5O. The number of carbonyl (C=O) groups is 1. The van der Waals surface area contributed by atoms with Crippen LogP contribution in [0.15, 0.2) is 48.5 Å². The predicted octanol–water partition coefficient (Wildman–Crippen LogP) is 4.22. The van der Waals surface area contributed by atoms with Crippen molar-refractivity contribution in [1.29, 1.82) is 0 Å². The molecule has 0 aliphatic heterocycles. The molecular weight excluding hydrogens is 338 g/mol. The topological polar surface area (TPSA) is 72.7 Å². The molecule has 0 unspecified atom stereocenters. The Balaban J connectivity index is 1.46. The lowest BCUT2D eigenvalue weighted by molar-refractivity contribution is 0.102. The van der Waals surface area contributed by atoms with Crippen LogP contribution in [0.1, 0.15) is 55.6 Å². The number of carbonyl (C=O) groups excluding carboxylic acids is 1. The number of amides is 1.